The van der Waals surface area contributed by atoms with Gasteiger partial charge in [0.15, 0.2) is 0 Å². The number of nitrogens with one attached hydrogen (secondary N) is 1. The van der Waals surface area contributed by atoms with Crippen molar-refractivity contribution in [3.8, 4) is 5.00 Å². The van der Waals surface area contributed by atoms with Crippen molar-refractivity contribution >= 4 is 23.3 Å². The highest BCUT2D eigenvalue weighted by molar-refractivity contribution is 7.15. The summed E-state index contributed by atoms with van der Waals surface area (Å²) in [5, 5.41) is 4.02. The first-order chi connectivity index (χ1) is 15.7. The minimum Gasteiger partial charge on any atom is -0.465 e. The number of esters is 1. The number of aromatic nitrogens is 1. The Kier molecular flexibility index (Phi) is 5.74. The SMILES string of the molecule is CCOC(=O)CNC(=O)N1Cc2c(sc3c2CCCC3)-n2cccc2C1c1ccccc1. The van der Waals surface area contributed by atoms with Crippen LogP contribution in [0.15, 0.2) is 48.7 Å². The maximum Gasteiger partial charge on any atom is 0.325 e. The summed E-state index contributed by atoms with van der Waals surface area (Å²) in [6, 6.07) is 13.7. The van der Waals surface area contributed by atoms with Crippen LogP contribution in [0, 0.1) is 0 Å². The Bertz CT molecular complexity index is 1130. The van der Waals surface area contributed by atoms with E-state index in [4.69, 9.17) is 4.74 Å². The number of ether oxygens (including phenoxy) is 1. The summed E-state index contributed by atoms with van der Waals surface area (Å²) < 4.78 is 7.26. The number of urea groups is 1. The molecule has 1 aliphatic heterocycles. The maximum atomic E-state index is 13.5. The lowest BCUT2D eigenvalue weighted by Crippen LogP contribution is -2.44. The van der Waals surface area contributed by atoms with Gasteiger partial charge in [-0.15, -0.1) is 11.3 Å². The van der Waals surface area contributed by atoms with E-state index < -0.39 is 5.97 Å². The second kappa shape index (κ2) is 8.82. The molecule has 2 aliphatic rings. The van der Waals surface area contributed by atoms with Gasteiger partial charge in [0.05, 0.1) is 24.9 Å². The van der Waals surface area contributed by atoms with Gasteiger partial charge in [0.2, 0.25) is 0 Å². The molecule has 3 aromatic rings. The Morgan fingerprint density at radius 2 is 1.91 bits per heavy atom. The van der Waals surface area contributed by atoms with Gasteiger partial charge in [-0.25, -0.2) is 4.79 Å². The summed E-state index contributed by atoms with van der Waals surface area (Å²) in [6.07, 6.45) is 6.69. The Hall–Kier alpha value is -3.06. The predicted molar refractivity (Wildman–Crippen MR) is 124 cm³/mol. The number of thiophene rings is 1. The van der Waals surface area contributed by atoms with Crippen molar-refractivity contribution < 1.29 is 14.3 Å². The van der Waals surface area contributed by atoms with Crippen LogP contribution in [0.3, 0.4) is 0 Å². The lowest BCUT2D eigenvalue weighted by atomic mass is 9.95. The van der Waals surface area contributed by atoms with Gasteiger partial charge < -0.3 is 19.5 Å². The van der Waals surface area contributed by atoms with E-state index in [-0.39, 0.29) is 18.6 Å². The first kappa shape index (κ1) is 20.8. The summed E-state index contributed by atoms with van der Waals surface area (Å²) in [6.45, 7) is 2.43. The molecule has 1 aliphatic carbocycles. The van der Waals surface area contributed by atoms with Crippen LogP contribution in [0.25, 0.3) is 5.00 Å². The highest BCUT2D eigenvalue weighted by Crippen LogP contribution is 2.43. The molecule has 32 heavy (non-hydrogen) atoms. The molecule has 166 valence electrons. The van der Waals surface area contributed by atoms with Crippen LogP contribution in [0.5, 0.6) is 0 Å². The summed E-state index contributed by atoms with van der Waals surface area (Å²) >= 11 is 1.86. The van der Waals surface area contributed by atoms with E-state index in [0.717, 1.165) is 24.1 Å². The van der Waals surface area contributed by atoms with Gasteiger partial charge in [0.1, 0.15) is 11.5 Å². The van der Waals surface area contributed by atoms with Crippen LogP contribution < -0.4 is 5.32 Å². The number of carbonyl (C=O) groups is 2. The number of benzene rings is 1. The average Bonchev–Trinajstić information content (AvgIpc) is 3.40. The Balaban J connectivity index is 1.59. The van der Waals surface area contributed by atoms with Crippen LogP contribution in [-0.4, -0.2) is 34.6 Å². The molecule has 5 rings (SSSR count). The second-order valence-electron chi connectivity index (χ2n) is 8.20. The number of hydrogen-bond donors (Lipinski definition) is 1. The van der Waals surface area contributed by atoms with Crippen molar-refractivity contribution in [2.24, 2.45) is 0 Å². The first-order valence-electron chi connectivity index (χ1n) is 11.2. The zero-order valence-corrected chi connectivity index (χ0v) is 19.0. The number of fused-ring (bicyclic) bond motifs is 5. The smallest absolute Gasteiger partial charge is 0.325 e. The van der Waals surface area contributed by atoms with E-state index in [1.807, 2.05) is 40.5 Å². The van der Waals surface area contributed by atoms with E-state index in [9.17, 15) is 9.59 Å². The number of carbonyl (C=O) groups excluding carboxylic acids is 2. The molecule has 7 heteroatoms. The molecule has 0 fully saturated rings. The molecular formula is C25H27N3O3S. The third kappa shape index (κ3) is 3.71. The highest BCUT2D eigenvalue weighted by Gasteiger charge is 2.36. The second-order valence-corrected chi connectivity index (χ2v) is 9.29. The van der Waals surface area contributed by atoms with Gasteiger partial charge in [0.25, 0.3) is 0 Å². The predicted octanol–water partition coefficient (Wildman–Crippen LogP) is 4.60. The molecular weight excluding hydrogens is 422 g/mol. The van der Waals surface area contributed by atoms with E-state index in [1.54, 1.807) is 6.92 Å². The molecule has 0 radical (unpaired) electrons. The molecule has 0 spiro atoms. The van der Waals surface area contributed by atoms with Crippen LogP contribution in [-0.2, 0) is 28.9 Å². The Morgan fingerprint density at radius 1 is 1.09 bits per heavy atom. The minimum absolute atomic E-state index is 0.139. The molecule has 0 saturated carbocycles. The van der Waals surface area contributed by atoms with Crippen molar-refractivity contribution in [1.82, 2.24) is 14.8 Å². The first-order valence-corrected chi connectivity index (χ1v) is 12.0. The van der Waals surface area contributed by atoms with Crippen molar-refractivity contribution in [3.05, 3.63) is 75.9 Å². The van der Waals surface area contributed by atoms with Crippen LogP contribution >= 0.6 is 11.3 Å². The molecule has 0 bridgehead atoms. The van der Waals surface area contributed by atoms with Crippen LogP contribution in [0.4, 0.5) is 4.79 Å². The number of amides is 2. The van der Waals surface area contributed by atoms with E-state index in [0.29, 0.717) is 13.2 Å². The fourth-order valence-electron chi connectivity index (χ4n) is 4.83. The zero-order chi connectivity index (χ0) is 22.1. The molecule has 1 unspecified atom stereocenters. The lowest BCUT2D eigenvalue weighted by molar-refractivity contribution is -0.141. The standard InChI is InChI=1S/C25H27N3O3S/c1-2-31-22(29)15-26-25(30)28-16-19-18-11-6-7-13-21(18)32-24(19)27-14-8-12-20(27)23(28)17-9-4-3-5-10-17/h3-5,8-10,12,14,23H,2,6-7,11,13,15-16H2,1H3,(H,26,30). The molecule has 1 atom stereocenters. The van der Waals surface area contributed by atoms with Crippen LogP contribution in [0.2, 0.25) is 0 Å². The molecule has 1 N–H and O–H groups in total. The molecule has 6 nitrogen and oxygen atoms in total. The van der Waals surface area contributed by atoms with E-state index in [2.05, 4.69) is 34.3 Å². The van der Waals surface area contributed by atoms with Crippen molar-refractivity contribution in [1.29, 1.82) is 0 Å². The third-order valence-electron chi connectivity index (χ3n) is 6.24. The molecule has 3 heterocycles. The third-order valence-corrected chi connectivity index (χ3v) is 7.58. The summed E-state index contributed by atoms with van der Waals surface area (Å²) in [5.74, 6) is -0.427. The summed E-state index contributed by atoms with van der Waals surface area (Å²) in [5.41, 5.74) is 4.75. The maximum absolute atomic E-state index is 13.5. The average molecular weight is 450 g/mol. The topological polar surface area (TPSA) is 63.6 Å². The molecule has 1 aromatic carbocycles. The highest BCUT2D eigenvalue weighted by atomic mass is 32.1. The number of aryl methyl sites for hydroxylation is 1. The van der Waals surface area contributed by atoms with Gasteiger partial charge in [-0.2, -0.15) is 0 Å². The van der Waals surface area contributed by atoms with Gasteiger partial charge in [-0.3, -0.25) is 4.79 Å². The van der Waals surface area contributed by atoms with Crippen molar-refractivity contribution in [2.75, 3.05) is 13.2 Å². The van der Waals surface area contributed by atoms with Gasteiger partial charge in [-0.05, 0) is 55.9 Å². The molecule has 0 saturated heterocycles. The van der Waals surface area contributed by atoms with E-state index in [1.165, 1.54) is 33.8 Å². The number of hydrogen-bond acceptors (Lipinski definition) is 4. The zero-order valence-electron chi connectivity index (χ0n) is 18.2. The Labute approximate surface area is 191 Å². The Morgan fingerprint density at radius 3 is 2.72 bits per heavy atom. The normalized spacial score (nSPS) is 17.0. The largest absolute Gasteiger partial charge is 0.465 e. The quantitative estimate of drug-likeness (QED) is 0.593. The molecule has 2 amide bonds. The monoisotopic (exact) mass is 449 g/mol. The van der Waals surface area contributed by atoms with Gasteiger partial charge in [0, 0.05) is 16.6 Å². The van der Waals surface area contributed by atoms with E-state index >= 15 is 0 Å². The number of nitrogens with zero attached hydrogens (tertiary/aromatic N) is 2. The fourth-order valence-corrected chi connectivity index (χ4v) is 6.24. The lowest BCUT2D eigenvalue weighted by Gasteiger charge is -2.31. The fraction of sp³-hybridized carbons (Fsp3) is 0.360. The summed E-state index contributed by atoms with van der Waals surface area (Å²) in [7, 11) is 0. The van der Waals surface area contributed by atoms with Gasteiger partial charge >= 0.3 is 12.0 Å². The van der Waals surface area contributed by atoms with Crippen LogP contribution in [0.1, 0.15) is 53.1 Å². The van der Waals surface area contributed by atoms with Gasteiger partial charge in [-0.1, -0.05) is 30.3 Å². The molecule has 2 aromatic heterocycles. The van der Waals surface area contributed by atoms with Crippen molar-refractivity contribution in [3.63, 3.8) is 0 Å². The minimum atomic E-state index is -0.427. The summed E-state index contributed by atoms with van der Waals surface area (Å²) in [4.78, 5) is 28.7. The number of rotatable bonds is 4. The van der Waals surface area contributed by atoms with Crippen molar-refractivity contribution in [2.45, 2.75) is 45.2 Å².